The minimum atomic E-state index is -0.295. The molecule has 6 nitrogen and oxygen atoms in total. The van der Waals surface area contributed by atoms with Crippen molar-refractivity contribution in [1.29, 1.82) is 0 Å². The number of ether oxygens (including phenoxy) is 2. The fourth-order valence-electron chi connectivity index (χ4n) is 3.77. The number of aromatic nitrogens is 1. The van der Waals surface area contributed by atoms with Crippen LogP contribution in [0.3, 0.4) is 0 Å². The van der Waals surface area contributed by atoms with Gasteiger partial charge < -0.3 is 18.8 Å². The van der Waals surface area contributed by atoms with Crippen LogP contribution >= 0.6 is 0 Å². The minimum Gasteiger partial charge on any atom is -0.490 e. The first kappa shape index (κ1) is 17.7. The van der Waals surface area contributed by atoms with Crippen molar-refractivity contribution >= 4 is 11.1 Å². The number of nitrogens with one attached hydrogen (secondary N) is 1. The van der Waals surface area contributed by atoms with Crippen LogP contribution in [0.4, 0.5) is 0 Å². The fourth-order valence-corrected chi connectivity index (χ4v) is 3.77. The summed E-state index contributed by atoms with van der Waals surface area (Å²) < 4.78 is 18.6. The molecule has 1 aliphatic rings. The van der Waals surface area contributed by atoms with E-state index < -0.39 is 0 Å². The molecule has 2 aromatic carbocycles. The molecule has 1 atom stereocenters. The van der Waals surface area contributed by atoms with Crippen molar-refractivity contribution in [3.05, 3.63) is 58.1 Å². The van der Waals surface area contributed by atoms with Crippen LogP contribution in [0.15, 0.2) is 45.6 Å². The van der Waals surface area contributed by atoms with Gasteiger partial charge in [-0.05, 0) is 43.7 Å². The lowest BCUT2D eigenvalue weighted by Gasteiger charge is -2.27. The number of fused-ring (bicyclic) bond motifs is 2. The Morgan fingerprint density at radius 1 is 1.07 bits per heavy atom. The molecule has 0 amide bonds. The van der Waals surface area contributed by atoms with Crippen molar-refractivity contribution in [3.63, 3.8) is 0 Å². The van der Waals surface area contributed by atoms with Gasteiger partial charge in [-0.25, -0.2) is 9.36 Å². The number of benzene rings is 2. The second kappa shape index (κ2) is 7.48. The lowest BCUT2D eigenvalue weighted by molar-refractivity contribution is -0.938. The van der Waals surface area contributed by atoms with E-state index >= 15 is 0 Å². The Bertz CT molecular complexity index is 1010. The second-order valence-corrected chi connectivity index (χ2v) is 6.78. The maximum absolute atomic E-state index is 12.3. The highest BCUT2D eigenvalue weighted by Gasteiger charge is 2.24. The monoisotopic (exact) mass is 369 g/mol. The van der Waals surface area contributed by atoms with Crippen LogP contribution in [-0.4, -0.2) is 24.3 Å². The molecule has 1 aliphatic heterocycles. The molecule has 6 heteroatoms. The summed E-state index contributed by atoms with van der Waals surface area (Å²) in [5, 5.41) is 0. The average Bonchev–Trinajstić information content (AvgIpc) is 2.98. The van der Waals surface area contributed by atoms with Crippen LogP contribution in [0, 0.1) is 0 Å². The highest BCUT2D eigenvalue weighted by atomic mass is 16.5. The maximum Gasteiger partial charge on any atom is 0.424 e. The zero-order valence-corrected chi connectivity index (χ0v) is 15.8. The van der Waals surface area contributed by atoms with Crippen LogP contribution < -0.4 is 20.1 Å². The van der Waals surface area contributed by atoms with Gasteiger partial charge in [-0.2, -0.15) is 0 Å². The number of hydrogen-bond donors (Lipinski definition) is 1. The molecule has 142 valence electrons. The summed E-state index contributed by atoms with van der Waals surface area (Å²) in [5.74, 6) is 1.32. The summed E-state index contributed by atoms with van der Waals surface area (Å²) in [6.07, 6.45) is 0.946. The Morgan fingerprint density at radius 2 is 1.78 bits per heavy atom. The largest absolute Gasteiger partial charge is 0.490 e. The van der Waals surface area contributed by atoms with E-state index in [9.17, 15) is 4.79 Å². The smallest absolute Gasteiger partial charge is 0.424 e. The van der Waals surface area contributed by atoms with E-state index in [4.69, 9.17) is 13.9 Å². The molecule has 0 fully saturated rings. The van der Waals surface area contributed by atoms with E-state index in [0.29, 0.717) is 25.5 Å². The third-order valence-electron chi connectivity index (χ3n) is 5.01. The van der Waals surface area contributed by atoms with Gasteiger partial charge in [0.2, 0.25) is 0 Å². The van der Waals surface area contributed by atoms with Gasteiger partial charge in [-0.3, -0.25) is 0 Å². The van der Waals surface area contributed by atoms with Crippen LogP contribution in [-0.2, 0) is 19.6 Å². The summed E-state index contributed by atoms with van der Waals surface area (Å²) in [6, 6.07) is 11.8. The molecule has 1 aromatic heterocycles. The Labute approximate surface area is 157 Å². The summed E-state index contributed by atoms with van der Waals surface area (Å²) in [7, 11) is 0. The molecule has 0 spiro atoms. The SMILES string of the molecule is CCOc1cc2c(cc1OCC)C[NH+](Cn1c(=O)oc3ccccc31)CC2. The molecule has 1 unspecified atom stereocenters. The van der Waals surface area contributed by atoms with Gasteiger partial charge in [-0.1, -0.05) is 12.1 Å². The quantitative estimate of drug-likeness (QED) is 0.722. The predicted molar refractivity (Wildman–Crippen MR) is 102 cm³/mol. The zero-order valence-electron chi connectivity index (χ0n) is 15.8. The highest BCUT2D eigenvalue weighted by Crippen LogP contribution is 2.32. The summed E-state index contributed by atoms with van der Waals surface area (Å²) in [5.41, 5.74) is 4.04. The molecule has 0 aliphatic carbocycles. The van der Waals surface area contributed by atoms with Crippen molar-refractivity contribution in [2.24, 2.45) is 0 Å². The molecule has 2 heterocycles. The second-order valence-electron chi connectivity index (χ2n) is 6.78. The fraction of sp³-hybridized carbons (Fsp3) is 0.381. The van der Waals surface area contributed by atoms with Crippen LogP contribution in [0.2, 0.25) is 0 Å². The topological polar surface area (TPSA) is 58.0 Å². The Hall–Kier alpha value is -2.73. The molecular weight excluding hydrogens is 344 g/mol. The third kappa shape index (κ3) is 3.45. The van der Waals surface area contributed by atoms with Gasteiger partial charge in [0, 0.05) is 12.0 Å². The molecular formula is C21H25N2O4+. The number of para-hydroxylation sites is 2. The van der Waals surface area contributed by atoms with Gasteiger partial charge in [-0.15, -0.1) is 0 Å². The van der Waals surface area contributed by atoms with Crippen LogP contribution in [0.5, 0.6) is 11.5 Å². The molecule has 1 N–H and O–H groups in total. The Balaban J connectivity index is 1.60. The molecule has 0 saturated heterocycles. The van der Waals surface area contributed by atoms with Gasteiger partial charge in [0.1, 0.15) is 6.54 Å². The third-order valence-corrected chi connectivity index (χ3v) is 5.01. The summed E-state index contributed by atoms with van der Waals surface area (Å²) in [4.78, 5) is 13.6. The summed E-state index contributed by atoms with van der Waals surface area (Å²) in [6.45, 7) is 7.56. The number of hydrogen-bond acceptors (Lipinski definition) is 4. The number of rotatable bonds is 6. The number of oxazole rings is 1. The van der Waals surface area contributed by atoms with Crippen molar-refractivity contribution in [2.75, 3.05) is 19.8 Å². The van der Waals surface area contributed by atoms with Crippen molar-refractivity contribution < 1.29 is 18.8 Å². The molecule has 0 saturated carbocycles. The minimum absolute atomic E-state index is 0.295. The first-order chi connectivity index (χ1) is 13.2. The first-order valence-corrected chi connectivity index (χ1v) is 9.53. The number of quaternary nitrogens is 1. The maximum atomic E-state index is 12.3. The molecule has 3 aromatic rings. The van der Waals surface area contributed by atoms with Crippen LogP contribution in [0.1, 0.15) is 25.0 Å². The average molecular weight is 369 g/mol. The highest BCUT2D eigenvalue weighted by molar-refractivity contribution is 5.72. The van der Waals surface area contributed by atoms with Crippen molar-refractivity contribution in [1.82, 2.24) is 4.57 Å². The van der Waals surface area contributed by atoms with E-state index in [1.165, 1.54) is 16.0 Å². The number of nitrogens with zero attached hydrogens (tertiary/aromatic N) is 1. The van der Waals surface area contributed by atoms with E-state index in [-0.39, 0.29) is 5.76 Å². The molecule has 27 heavy (non-hydrogen) atoms. The van der Waals surface area contributed by atoms with Gasteiger partial charge in [0.05, 0.1) is 25.3 Å². The summed E-state index contributed by atoms with van der Waals surface area (Å²) >= 11 is 0. The lowest BCUT2D eigenvalue weighted by atomic mass is 9.99. The lowest BCUT2D eigenvalue weighted by Crippen LogP contribution is -3.11. The molecule has 4 rings (SSSR count). The van der Waals surface area contributed by atoms with Crippen molar-refractivity contribution in [2.45, 2.75) is 33.5 Å². The molecule has 0 radical (unpaired) electrons. The van der Waals surface area contributed by atoms with Crippen LogP contribution in [0.25, 0.3) is 11.1 Å². The Kier molecular flexibility index (Phi) is 4.90. The standard InChI is InChI=1S/C21H24N2O4/c1-3-25-19-11-15-9-10-22(13-16(15)12-20(19)26-4-2)14-23-17-7-5-6-8-18(17)27-21(23)24/h5-8,11-12H,3-4,9-10,13-14H2,1-2H3/p+1. The Morgan fingerprint density at radius 3 is 2.52 bits per heavy atom. The van der Waals surface area contributed by atoms with Gasteiger partial charge in [0.25, 0.3) is 0 Å². The van der Waals surface area contributed by atoms with Gasteiger partial charge >= 0.3 is 5.76 Å². The normalized spacial score (nSPS) is 16.3. The van der Waals surface area contributed by atoms with E-state index in [1.54, 1.807) is 4.57 Å². The van der Waals surface area contributed by atoms with Gasteiger partial charge in [0.15, 0.2) is 23.8 Å². The first-order valence-electron chi connectivity index (χ1n) is 9.53. The van der Waals surface area contributed by atoms with Crippen molar-refractivity contribution in [3.8, 4) is 11.5 Å². The van der Waals surface area contributed by atoms with E-state index in [2.05, 4.69) is 12.1 Å². The van der Waals surface area contributed by atoms with E-state index in [0.717, 1.165) is 36.5 Å². The zero-order chi connectivity index (χ0) is 18.8. The van der Waals surface area contributed by atoms with E-state index in [1.807, 2.05) is 38.1 Å². The molecule has 0 bridgehead atoms. The predicted octanol–water partition coefficient (Wildman–Crippen LogP) is 1.99.